The lowest BCUT2D eigenvalue weighted by molar-refractivity contribution is -0.384. The standard InChI is InChI=1S/C24H19N3O8S2/c1-2-34-16(28)11-35-15-5-3-4-12(10-15)17-18-20(36-21-19(17)37-24(31)25-21)23(30)26(22(18)29)13-6-8-14(9-7-13)27(32)33/h3-10,17-18,20H,2,11H2,1H3,(H,25,31)/t17-,18?,20?/m1/s1. The molecular weight excluding hydrogens is 522 g/mol. The van der Waals surface area contributed by atoms with E-state index in [0.29, 0.717) is 21.2 Å². The van der Waals surface area contributed by atoms with Gasteiger partial charge in [-0.25, -0.2) is 9.69 Å². The van der Waals surface area contributed by atoms with E-state index in [9.17, 15) is 29.3 Å². The lowest BCUT2D eigenvalue weighted by atomic mass is 9.83. The van der Waals surface area contributed by atoms with Crippen LogP contribution in [0.5, 0.6) is 5.75 Å². The summed E-state index contributed by atoms with van der Waals surface area (Å²) >= 11 is 2.11. The first-order valence-corrected chi connectivity index (χ1v) is 12.9. The number of imide groups is 1. The highest BCUT2D eigenvalue weighted by molar-refractivity contribution is 8.00. The molecule has 0 radical (unpaired) electrons. The molecule has 0 bridgehead atoms. The molecule has 3 heterocycles. The molecule has 2 aliphatic heterocycles. The first-order chi connectivity index (χ1) is 17.8. The maximum absolute atomic E-state index is 13.7. The number of H-pyrrole nitrogens is 1. The summed E-state index contributed by atoms with van der Waals surface area (Å²) in [5.74, 6) is -2.54. The van der Waals surface area contributed by atoms with Gasteiger partial charge in [-0.2, -0.15) is 0 Å². The van der Waals surface area contributed by atoms with Gasteiger partial charge in [-0.3, -0.25) is 24.5 Å². The van der Waals surface area contributed by atoms with Crippen LogP contribution in [0, 0.1) is 16.0 Å². The molecule has 0 aliphatic carbocycles. The van der Waals surface area contributed by atoms with Gasteiger partial charge in [0.05, 0.1) is 28.2 Å². The number of nitrogens with zero attached hydrogens (tertiary/aromatic N) is 2. The molecule has 2 unspecified atom stereocenters. The number of carbonyl (C=O) groups is 3. The molecule has 1 saturated heterocycles. The van der Waals surface area contributed by atoms with Crippen molar-refractivity contribution in [2.24, 2.45) is 5.92 Å². The molecule has 190 valence electrons. The van der Waals surface area contributed by atoms with Crippen LogP contribution in [0.3, 0.4) is 0 Å². The van der Waals surface area contributed by atoms with Crippen molar-refractivity contribution in [3.63, 3.8) is 0 Å². The molecule has 11 nitrogen and oxygen atoms in total. The number of hydrogen-bond acceptors (Lipinski definition) is 10. The summed E-state index contributed by atoms with van der Waals surface area (Å²) in [4.78, 5) is 65.7. The molecule has 0 saturated carbocycles. The zero-order valence-electron chi connectivity index (χ0n) is 19.2. The van der Waals surface area contributed by atoms with E-state index in [0.717, 1.165) is 28.0 Å². The van der Waals surface area contributed by atoms with Crippen LogP contribution in [0.15, 0.2) is 58.4 Å². The summed E-state index contributed by atoms with van der Waals surface area (Å²) < 4.78 is 10.4. The third kappa shape index (κ3) is 4.51. The Bertz CT molecular complexity index is 1470. The van der Waals surface area contributed by atoms with Gasteiger partial charge in [-0.15, -0.1) is 0 Å². The first-order valence-electron chi connectivity index (χ1n) is 11.2. The smallest absolute Gasteiger partial charge is 0.344 e. The minimum atomic E-state index is -0.827. The molecule has 13 heteroatoms. The van der Waals surface area contributed by atoms with Gasteiger partial charge in [0.2, 0.25) is 11.8 Å². The second-order valence-electron chi connectivity index (χ2n) is 8.20. The molecule has 3 atom stereocenters. The number of fused-ring (bicyclic) bond motifs is 2. The number of hydrogen-bond donors (Lipinski definition) is 1. The van der Waals surface area contributed by atoms with Crippen molar-refractivity contribution in [1.29, 1.82) is 0 Å². The Morgan fingerprint density at radius 2 is 1.89 bits per heavy atom. The number of anilines is 1. The van der Waals surface area contributed by atoms with E-state index in [-0.39, 0.29) is 29.5 Å². The van der Waals surface area contributed by atoms with Crippen molar-refractivity contribution in [1.82, 2.24) is 4.98 Å². The third-order valence-corrected chi connectivity index (χ3v) is 8.42. The fourth-order valence-corrected chi connectivity index (χ4v) is 7.01. The second kappa shape index (κ2) is 9.82. The summed E-state index contributed by atoms with van der Waals surface area (Å²) in [5.41, 5.74) is 0.712. The highest BCUT2D eigenvalue weighted by Gasteiger charge is 2.56. The van der Waals surface area contributed by atoms with Gasteiger partial charge >= 0.3 is 10.8 Å². The highest BCUT2D eigenvalue weighted by atomic mass is 32.2. The van der Waals surface area contributed by atoms with E-state index in [2.05, 4.69) is 4.98 Å². The molecule has 1 aromatic heterocycles. The predicted octanol–water partition coefficient (Wildman–Crippen LogP) is 3.08. The van der Waals surface area contributed by atoms with Gasteiger partial charge in [0.25, 0.3) is 5.69 Å². The second-order valence-corrected chi connectivity index (χ2v) is 10.4. The van der Waals surface area contributed by atoms with Crippen LogP contribution in [-0.2, 0) is 19.1 Å². The monoisotopic (exact) mass is 541 g/mol. The Labute approximate surface area is 217 Å². The number of nitrogens with one attached hydrogen (secondary N) is 1. The number of non-ortho nitro benzene ring substituents is 1. The molecule has 1 fully saturated rings. The zero-order valence-corrected chi connectivity index (χ0v) is 20.9. The van der Waals surface area contributed by atoms with Gasteiger partial charge < -0.3 is 14.5 Å². The molecule has 3 aromatic rings. The van der Waals surface area contributed by atoms with Gasteiger partial charge in [0, 0.05) is 22.9 Å². The summed E-state index contributed by atoms with van der Waals surface area (Å²) in [5, 5.41) is 10.7. The number of rotatable bonds is 7. The fourth-order valence-electron chi connectivity index (χ4n) is 4.50. The number of esters is 1. The Morgan fingerprint density at radius 1 is 1.14 bits per heavy atom. The Hall–Kier alpha value is -3.97. The molecule has 37 heavy (non-hydrogen) atoms. The van der Waals surface area contributed by atoms with Gasteiger partial charge in [0.15, 0.2) is 6.61 Å². The minimum absolute atomic E-state index is 0.160. The van der Waals surface area contributed by atoms with Crippen molar-refractivity contribution < 1.29 is 28.8 Å². The van der Waals surface area contributed by atoms with Crippen molar-refractivity contribution >= 4 is 52.3 Å². The summed E-state index contributed by atoms with van der Waals surface area (Å²) in [6.45, 7) is 1.62. The van der Waals surface area contributed by atoms with E-state index in [1.165, 1.54) is 24.3 Å². The quantitative estimate of drug-likeness (QED) is 0.206. The summed E-state index contributed by atoms with van der Waals surface area (Å²) in [7, 11) is 0. The number of benzene rings is 2. The summed E-state index contributed by atoms with van der Waals surface area (Å²) in [6.07, 6.45) is 0. The first kappa shape index (κ1) is 24.7. The van der Waals surface area contributed by atoms with Crippen LogP contribution in [0.25, 0.3) is 0 Å². The predicted molar refractivity (Wildman–Crippen MR) is 134 cm³/mol. The number of nitro groups is 1. The normalized spacial score (nSPS) is 20.4. The van der Waals surface area contributed by atoms with Crippen LogP contribution in [0.4, 0.5) is 11.4 Å². The Balaban J connectivity index is 1.52. The minimum Gasteiger partial charge on any atom is -0.482 e. The number of aromatic nitrogens is 1. The van der Waals surface area contributed by atoms with E-state index >= 15 is 0 Å². The van der Waals surface area contributed by atoms with Gasteiger partial charge in [0.1, 0.15) is 11.0 Å². The van der Waals surface area contributed by atoms with Crippen LogP contribution in [0.1, 0.15) is 23.3 Å². The van der Waals surface area contributed by atoms with Crippen LogP contribution >= 0.6 is 23.1 Å². The maximum Gasteiger partial charge on any atom is 0.344 e. The number of nitro benzene ring substituents is 1. The average Bonchev–Trinajstić information content (AvgIpc) is 3.37. The summed E-state index contributed by atoms with van der Waals surface area (Å²) in [6, 6.07) is 12.0. The molecule has 1 N–H and O–H groups in total. The topological polar surface area (TPSA) is 149 Å². The lowest BCUT2D eigenvalue weighted by Gasteiger charge is -2.30. The Kier molecular flexibility index (Phi) is 6.56. The molecule has 2 aliphatic rings. The fraction of sp³-hybridized carbons (Fsp3) is 0.250. The third-order valence-electron chi connectivity index (χ3n) is 6.02. The van der Waals surface area contributed by atoms with E-state index in [4.69, 9.17) is 9.47 Å². The molecule has 2 aromatic carbocycles. The van der Waals surface area contributed by atoms with Crippen molar-refractivity contribution in [3.8, 4) is 5.75 Å². The van der Waals surface area contributed by atoms with E-state index in [1.807, 2.05) is 0 Å². The van der Waals surface area contributed by atoms with Crippen molar-refractivity contribution in [3.05, 3.63) is 78.8 Å². The van der Waals surface area contributed by atoms with Crippen LogP contribution in [0.2, 0.25) is 0 Å². The SMILES string of the molecule is CCOC(=O)COc1cccc([C@H]2c3sc(=O)[nH]c3SC3C(=O)N(c4ccc([N+](=O)[O-])cc4)C(=O)C32)c1. The van der Waals surface area contributed by atoms with E-state index in [1.54, 1.807) is 31.2 Å². The number of ether oxygens (including phenoxy) is 2. The van der Waals surface area contributed by atoms with Gasteiger partial charge in [-0.05, 0) is 36.8 Å². The number of carbonyl (C=O) groups excluding carboxylic acids is 3. The molecular formula is C24H19N3O8S2. The number of thiazole rings is 1. The number of amides is 2. The van der Waals surface area contributed by atoms with Gasteiger partial charge in [-0.1, -0.05) is 35.2 Å². The maximum atomic E-state index is 13.7. The molecule has 5 rings (SSSR count). The van der Waals surface area contributed by atoms with Crippen molar-refractivity contribution in [2.45, 2.75) is 23.1 Å². The average molecular weight is 542 g/mol. The van der Waals surface area contributed by atoms with Crippen LogP contribution < -0.4 is 14.5 Å². The van der Waals surface area contributed by atoms with E-state index < -0.39 is 39.8 Å². The van der Waals surface area contributed by atoms with Crippen molar-refractivity contribution in [2.75, 3.05) is 18.1 Å². The number of aromatic amines is 1. The zero-order chi connectivity index (χ0) is 26.3. The molecule has 2 amide bonds. The number of thioether (sulfide) groups is 1. The lowest BCUT2D eigenvalue weighted by Crippen LogP contribution is -2.32. The molecule has 0 spiro atoms. The van der Waals surface area contributed by atoms with Crippen LogP contribution in [-0.4, -0.2) is 46.2 Å². The Morgan fingerprint density at radius 3 is 2.59 bits per heavy atom. The highest BCUT2D eigenvalue weighted by Crippen LogP contribution is 2.53. The largest absolute Gasteiger partial charge is 0.482 e.